The van der Waals surface area contributed by atoms with Gasteiger partial charge >= 0.3 is 0 Å². The Labute approximate surface area is 128 Å². The largest absolute Gasteiger partial charge is 0.326 e. The number of carbonyl (C=O) groups is 1. The van der Waals surface area contributed by atoms with Crippen LogP contribution in [0.4, 0.5) is 5.69 Å². The molecule has 0 aliphatic heterocycles. The fourth-order valence-electron chi connectivity index (χ4n) is 2.57. The van der Waals surface area contributed by atoms with Crippen LogP contribution in [0, 0.1) is 0 Å². The third kappa shape index (κ3) is 4.57. The van der Waals surface area contributed by atoms with Crippen molar-refractivity contribution in [1.29, 1.82) is 0 Å². The molecule has 0 atom stereocenters. The van der Waals surface area contributed by atoms with Crippen molar-refractivity contribution >= 4 is 11.6 Å². The van der Waals surface area contributed by atoms with E-state index in [9.17, 15) is 4.79 Å². The SMILES string of the molecule is CC(C)c1cccc(C(C)C)c1NC(=O)CCNC1CC1. The molecule has 3 heteroatoms. The highest BCUT2D eigenvalue weighted by atomic mass is 16.1. The van der Waals surface area contributed by atoms with Crippen molar-refractivity contribution in [2.45, 2.75) is 64.8 Å². The van der Waals surface area contributed by atoms with Crippen LogP contribution < -0.4 is 10.6 Å². The second kappa shape index (κ2) is 7.08. The first-order valence-electron chi connectivity index (χ1n) is 8.15. The van der Waals surface area contributed by atoms with E-state index in [1.807, 2.05) is 0 Å². The highest BCUT2D eigenvalue weighted by Gasteiger charge is 2.20. The maximum atomic E-state index is 12.2. The quantitative estimate of drug-likeness (QED) is 0.796. The maximum absolute atomic E-state index is 12.2. The van der Waals surface area contributed by atoms with Gasteiger partial charge in [-0.25, -0.2) is 0 Å². The Morgan fingerprint density at radius 3 is 2.19 bits per heavy atom. The van der Waals surface area contributed by atoms with Crippen molar-refractivity contribution in [2.24, 2.45) is 0 Å². The number of hydrogen-bond donors (Lipinski definition) is 2. The molecule has 1 fully saturated rings. The van der Waals surface area contributed by atoms with Gasteiger partial charge in [-0.1, -0.05) is 45.9 Å². The maximum Gasteiger partial charge on any atom is 0.225 e. The number of rotatable bonds is 7. The predicted molar refractivity (Wildman–Crippen MR) is 88.9 cm³/mol. The van der Waals surface area contributed by atoms with Gasteiger partial charge in [0.1, 0.15) is 0 Å². The minimum absolute atomic E-state index is 0.109. The summed E-state index contributed by atoms with van der Waals surface area (Å²) in [6.07, 6.45) is 3.06. The van der Waals surface area contributed by atoms with E-state index in [1.165, 1.54) is 24.0 Å². The molecule has 1 aliphatic carbocycles. The fourth-order valence-corrected chi connectivity index (χ4v) is 2.57. The molecule has 1 saturated carbocycles. The molecule has 0 saturated heterocycles. The van der Waals surface area contributed by atoms with E-state index in [-0.39, 0.29) is 5.91 Å². The number of carbonyl (C=O) groups excluding carboxylic acids is 1. The number of hydrogen-bond acceptors (Lipinski definition) is 2. The molecule has 3 nitrogen and oxygen atoms in total. The molecule has 1 aromatic carbocycles. The lowest BCUT2D eigenvalue weighted by Crippen LogP contribution is -2.24. The molecule has 1 aromatic rings. The van der Waals surface area contributed by atoms with Gasteiger partial charge in [-0.2, -0.15) is 0 Å². The van der Waals surface area contributed by atoms with Gasteiger partial charge in [0.2, 0.25) is 5.91 Å². The first kappa shape index (κ1) is 16.0. The van der Waals surface area contributed by atoms with Crippen molar-refractivity contribution in [3.05, 3.63) is 29.3 Å². The highest BCUT2D eigenvalue weighted by molar-refractivity contribution is 5.92. The molecule has 0 heterocycles. The molecule has 2 N–H and O–H groups in total. The molecule has 0 unspecified atom stereocenters. The summed E-state index contributed by atoms with van der Waals surface area (Å²) < 4.78 is 0. The normalized spacial score (nSPS) is 14.8. The lowest BCUT2D eigenvalue weighted by Gasteiger charge is -2.20. The minimum Gasteiger partial charge on any atom is -0.326 e. The summed E-state index contributed by atoms with van der Waals surface area (Å²) >= 11 is 0. The Morgan fingerprint density at radius 1 is 1.14 bits per heavy atom. The van der Waals surface area contributed by atoms with Gasteiger partial charge in [-0.3, -0.25) is 4.79 Å². The average molecular weight is 288 g/mol. The monoisotopic (exact) mass is 288 g/mol. The minimum atomic E-state index is 0.109. The van der Waals surface area contributed by atoms with Crippen molar-refractivity contribution in [3.63, 3.8) is 0 Å². The van der Waals surface area contributed by atoms with Gasteiger partial charge in [-0.05, 0) is 35.8 Å². The summed E-state index contributed by atoms with van der Waals surface area (Å²) in [5.74, 6) is 0.922. The molecule has 0 radical (unpaired) electrons. The van der Waals surface area contributed by atoms with Gasteiger partial charge in [0, 0.05) is 24.7 Å². The summed E-state index contributed by atoms with van der Waals surface area (Å²) in [6.45, 7) is 9.46. The summed E-state index contributed by atoms with van der Waals surface area (Å²) in [6, 6.07) is 6.99. The van der Waals surface area contributed by atoms with Crippen LogP contribution in [0.25, 0.3) is 0 Å². The van der Waals surface area contributed by atoms with E-state index in [1.54, 1.807) is 0 Å². The van der Waals surface area contributed by atoms with Crippen LogP contribution >= 0.6 is 0 Å². The topological polar surface area (TPSA) is 41.1 Å². The fraction of sp³-hybridized carbons (Fsp3) is 0.611. The molecular weight excluding hydrogens is 260 g/mol. The van der Waals surface area contributed by atoms with Gasteiger partial charge in [0.25, 0.3) is 0 Å². The number of nitrogens with one attached hydrogen (secondary N) is 2. The van der Waals surface area contributed by atoms with Crippen LogP contribution in [0.5, 0.6) is 0 Å². The first-order valence-corrected chi connectivity index (χ1v) is 8.15. The van der Waals surface area contributed by atoms with Gasteiger partial charge in [0.05, 0.1) is 0 Å². The lowest BCUT2D eigenvalue weighted by molar-refractivity contribution is -0.116. The van der Waals surface area contributed by atoms with Crippen LogP contribution in [0.2, 0.25) is 0 Å². The lowest BCUT2D eigenvalue weighted by atomic mass is 9.92. The molecule has 1 amide bonds. The van der Waals surface area contributed by atoms with E-state index in [0.29, 0.717) is 24.3 Å². The zero-order chi connectivity index (χ0) is 15.4. The van der Waals surface area contributed by atoms with E-state index in [0.717, 1.165) is 12.2 Å². The zero-order valence-electron chi connectivity index (χ0n) is 13.7. The van der Waals surface area contributed by atoms with Crippen molar-refractivity contribution < 1.29 is 4.79 Å². The van der Waals surface area contributed by atoms with Crippen molar-refractivity contribution in [3.8, 4) is 0 Å². The number of anilines is 1. The van der Waals surface area contributed by atoms with Crippen LogP contribution in [-0.4, -0.2) is 18.5 Å². The third-order valence-corrected chi connectivity index (χ3v) is 4.00. The summed E-state index contributed by atoms with van der Waals surface area (Å²) in [7, 11) is 0. The van der Waals surface area contributed by atoms with E-state index in [4.69, 9.17) is 0 Å². The molecule has 1 aliphatic rings. The first-order chi connectivity index (χ1) is 9.99. The number of para-hydroxylation sites is 1. The Kier molecular flexibility index (Phi) is 5.40. The second-order valence-corrected chi connectivity index (χ2v) is 6.65. The third-order valence-electron chi connectivity index (χ3n) is 4.00. The molecular formula is C18H28N2O. The molecule has 0 aromatic heterocycles. The Morgan fingerprint density at radius 2 is 1.71 bits per heavy atom. The van der Waals surface area contributed by atoms with Gasteiger partial charge in [-0.15, -0.1) is 0 Å². The standard InChI is InChI=1S/C18H28N2O/c1-12(2)15-6-5-7-16(13(3)4)18(15)20-17(21)10-11-19-14-8-9-14/h5-7,12-14,19H,8-11H2,1-4H3,(H,20,21). The van der Waals surface area contributed by atoms with Crippen molar-refractivity contribution in [1.82, 2.24) is 5.32 Å². The van der Waals surface area contributed by atoms with E-state index in [2.05, 4.69) is 56.5 Å². The van der Waals surface area contributed by atoms with E-state index < -0.39 is 0 Å². The summed E-state index contributed by atoms with van der Waals surface area (Å²) in [5.41, 5.74) is 3.48. The molecule has 21 heavy (non-hydrogen) atoms. The molecule has 2 rings (SSSR count). The molecule has 0 spiro atoms. The average Bonchev–Trinajstić information content (AvgIpc) is 3.22. The summed E-state index contributed by atoms with van der Waals surface area (Å²) in [4.78, 5) is 12.2. The zero-order valence-corrected chi connectivity index (χ0v) is 13.7. The Bertz CT molecular complexity index is 464. The van der Waals surface area contributed by atoms with Crippen LogP contribution in [0.3, 0.4) is 0 Å². The van der Waals surface area contributed by atoms with E-state index >= 15 is 0 Å². The van der Waals surface area contributed by atoms with Crippen LogP contribution in [0.1, 0.15) is 69.9 Å². The number of benzene rings is 1. The van der Waals surface area contributed by atoms with Crippen molar-refractivity contribution in [2.75, 3.05) is 11.9 Å². The Hall–Kier alpha value is -1.35. The molecule has 116 valence electrons. The van der Waals surface area contributed by atoms with Crippen LogP contribution in [-0.2, 0) is 4.79 Å². The smallest absolute Gasteiger partial charge is 0.225 e. The Balaban J connectivity index is 2.06. The van der Waals surface area contributed by atoms with Gasteiger partial charge in [0.15, 0.2) is 0 Å². The van der Waals surface area contributed by atoms with Gasteiger partial charge < -0.3 is 10.6 Å². The van der Waals surface area contributed by atoms with Crippen LogP contribution in [0.15, 0.2) is 18.2 Å². The predicted octanol–water partition coefficient (Wildman–Crippen LogP) is 4.01. The summed E-state index contributed by atoms with van der Waals surface area (Å²) in [5, 5.41) is 6.54. The molecule has 0 bridgehead atoms. The highest BCUT2D eigenvalue weighted by Crippen LogP contribution is 2.32. The number of amides is 1. The second-order valence-electron chi connectivity index (χ2n) is 6.65.